The maximum atomic E-state index is 11.5. The molecule has 1 unspecified atom stereocenters. The van der Waals surface area contributed by atoms with Crippen molar-refractivity contribution >= 4 is 12.0 Å². The normalized spacial score (nSPS) is 17.3. The first-order valence-electron chi connectivity index (χ1n) is 5.90. The lowest BCUT2D eigenvalue weighted by molar-refractivity contribution is -0.137. The number of carbonyl (C=O) groups excluding carboxylic acids is 1. The fourth-order valence-corrected chi connectivity index (χ4v) is 1.75. The third-order valence-electron chi connectivity index (χ3n) is 2.83. The summed E-state index contributed by atoms with van der Waals surface area (Å²) in [5.41, 5.74) is 0. The Balaban J connectivity index is 2.27. The Hall–Kier alpha value is -1.26. The lowest BCUT2D eigenvalue weighted by Gasteiger charge is -2.27. The molecule has 1 aliphatic carbocycles. The van der Waals surface area contributed by atoms with E-state index in [2.05, 4.69) is 10.6 Å². The van der Waals surface area contributed by atoms with Gasteiger partial charge in [0.05, 0.1) is 6.42 Å². The Morgan fingerprint density at radius 3 is 2.56 bits per heavy atom. The molecular formula is C11H20N2O3. The van der Waals surface area contributed by atoms with Crippen LogP contribution in [-0.2, 0) is 4.79 Å². The molecule has 0 bridgehead atoms. The monoisotopic (exact) mass is 228 g/mol. The number of urea groups is 1. The van der Waals surface area contributed by atoms with Crippen molar-refractivity contribution in [1.29, 1.82) is 0 Å². The predicted octanol–water partition coefficient (Wildman–Crippen LogP) is 1.48. The van der Waals surface area contributed by atoms with Crippen molar-refractivity contribution in [2.45, 2.75) is 57.5 Å². The number of aliphatic carboxylic acids is 1. The minimum Gasteiger partial charge on any atom is -0.481 e. The summed E-state index contributed by atoms with van der Waals surface area (Å²) in [6.07, 6.45) is 4.78. The van der Waals surface area contributed by atoms with Crippen LogP contribution in [0, 0.1) is 0 Å². The average Bonchev–Trinajstić information content (AvgIpc) is 2.11. The van der Waals surface area contributed by atoms with Gasteiger partial charge in [-0.05, 0) is 25.7 Å². The molecule has 1 rings (SSSR count). The zero-order valence-corrected chi connectivity index (χ0v) is 9.66. The molecule has 5 heteroatoms. The number of hydrogen-bond donors (Lipinski definition) is 3. The molecule has 0 aliphatic heterocycles. The molecule has 0 aromatic carbocycles. The average molecular weight is 228 g/mol. The maximum Gasteiger partial charge on any atom is 0.315 e. The van der Waals surface area contributed by atoms with Crippen molar-refractivity contribution in [2.24, 2.45) is 0 Å². The highest BCUT2D eigenvalue weighted by Gasteiger charge is 2.21. The molecule has 0 heterocycles. The molecule has 0 aromatic heterocycles. The van der Waals surface area contributed by atoms with Crippen LogP contribution in [0.4, 0.5) is 4.79 Å². The van der Waals surface area contributed by atoms with Crippen LogP contribution in [-0.4, -0.2) is 29.2 Å². The van der Waals surface area contributed by atoms with Crippen molar-refractivity contribution in [1.82, 2.24) is 10.6 Å². The van der Waals surface area contributed by atoms with E-state index in [1.165, 1.54) is 6.42 Å². The molecule has 1 fully saturated rings. The topological polar surface area (TPSA) is 78.4 Å². The van der Waals surface area contributed by atoms with Gasteiger partial charge in [-0.15, -0.1) is 0 Å². The van der Waals surface area contributed by atoms with Gasteiger partial charge in [0.2, 0.25) is 0 Å². The molecule has 1 saturated carbocycles. The summed E-state index contributed by atoms with van der Waals surface area (Å²) in [4.78, 5) is 22.1. The lowest BCUT2D eigenvalue weighted by atomic mass is 9.93. The van der Waals surface area contributed by atoms with E-state index in [9.17, 15) is 9.59 Å². The molecule has 3 N–H and O–H groups in total. The minimum atomic E-state index is -0.873. The van der Waals surface area contributed by atoms with Crippen LogP contribution in [0.1, 0.15) is 45.4 Å². The van der Waals surface area contributed by atoms with Crippen LogP contribution in [0.3, 0.4) is 0 Å². The Bertz CT molecular complexity index is 252. The summed E-state index contributed by atoms with van der Waals surface area (Å²) < 4.78 is 0. The number of hydrogen-bond acceptors (Lipinski definition) is 2. The van der Waals surface area contributed by atoms with Crippen molar-refractivity contribution in [3.05, 3.63) is 0 Å². The fourth-order valence-electron chi connectivity index (χ4n) is 1.75. The number of nitrogens with one attached hydrogen (secondary N) is 2. The number of carboxylic acid groups (broad SMARTS) is 1. The SMILES string of the molecule is CCCC(CC(=O)O)NC(=O)NC1CCC1. The largest absolute Gasteiger partial charge is 0.481 e. The van der Waals surface area contributed by atoms with E-state index in [1.54, 1.807) is 0 Å². The van der Waals surface area contributed by atoms with Gasteiger partial charge in [-0.2, -0.15) is 0 Å². The third kappa shape index (κ3) is 4.51. The van der Waals surface area contributed by atoms with Crippen molar-refractivity contribution in [2.75, 3.05) is 0 Å². The molecule has 0 saturated heterocycles. The van der Waals surface area contributed by atoms with Crippen LogP contribution in [0.15, 0.2) is 0 Å². The second-order valence-corrected chi connectivity index (χ2v) is 4.33. The molecule has 0 spiro atoms. The second-order valence-electron chi connectivity index (χ2n) is 4.33. The van der Waals surface area contributed by atoms with Crippen molar-refractivity contribution < 1.29 is 14.7 Å². The zero-order valence-electron chi connectivity index (χ0n) is 9.66. The van der Waals surface area contributed by atoms with Crippen molar-refractivity contribution in [3.8, 4) is 0 Å². The first kappa shape index (κ1) is 12.8. The first-order valence-corrected chi connectivity index (χ1v) is 5.90. The Kier molecular flexibility index (Phi) is 5.08. The molecular weight excluding hydrogens is 208 g/mol. The van der Waals surface area contributed by atoms with Crippen molar-refractivity contribution in [3.63, 3.8) is 0 Å². The molecule has 0 aromatic rings. The van der Waals surface area contributed by atoms with Crippen LogP contribution in [0.5, 0.6) is 0 Å². The van der Waals surface area contributed by atoms with Crippen LogP contribution in [0.2, 0.25) is 0 Å². The molecule has 1 atom stereocenters. The molecule has 0 radical (unpaired) electrons. The Morgan fingerprint density at radius 1 is 1.44 bits per heavy atom. The predicted molar refractivity (Wildman–Crippen MR) is 60.3 cm³/mol. The number of amides is 2. The number of carboxylic acids is 1. The number of rotatable bonds is 6. The zero-order chi connectivity index (χ0) is 12.0. The maximum absolute atomic E-state index is 11.5. The Morgan fingerprint density at radius 2 is 2.12 bits per heavy atom. The van der Waals surface area contributed by atoms with E-state index in [4.69, 9.17) is 5.11 Å². The smallest absolute Gasteiger partial charge is 0.315 e. The Labute approximate surface area is 95.6 Å². The summed E-state index contributed by atoms with van der Waals surface area (Å²) in [7, 11) is 0. The molecule has 2 amide bonds. The molecule has 5 nitrogen and oxygen atoms in total. The van der Waals surface area contributed by atoms with Crippen LogP contribution < -0.4 is 10.6 Å². The van der Waals surface area contributed by atoms with Gasteiger partial charge >= 0.3 is 12.0 Å². The summed E-state index contributed by atoms with van der Waals surface area (Å²) in [5.74, 6) is -0.873. The van der Waals surface area contributed by atoms with Gasteiger partial charge in [-0.1, -0.05) is 13.3 Å². The third-order valence-corrected chi connectivity index (χ3v) is 2.83. The first-order chi connectivity index (χ1) is 7.61. The van der Waals surface area contributed by atoms with Crippen LogP contribution >= 0.6 is 0 Å². The summed E-state index contributed by atoms with van der Waals surface area (Å²) >= 11 is 0. The lowest BCUT2D eigenvalue weighted by Crippen LogP contribution is -2.48. The standard InChI is InChI=1S/C11H20N2O3/c1-2-4-9(7-10(14)15)13-11(16)12-8-5-3-6-8/h8-9H,2-7H2,1H3,(H,14,15)(H2,12,13,16). The van der Waals surface area contributed by atoms with Gasteiger partial charge in [-0.3, -0.25) is 4.79 Å². The van der Waals surface area contributed by atoms with Gasteiger partial charge < -0.3 is 15.7 Å². The quantitative estimate of drug-likeness (QED) is 0.644. The second kappa shape index (κ2) is 6.35. The van der Waals surface area contributed by atoms with E-state index in [-0.39, 0.29) is 24.5 Å². The molecule has 16 heavy (non-hydrogen) atoms. The van der Waals surface area contributed by atoms with Gasteiger partial charge in [0.1, 0.15) is 0 Å². The van der Waals surface area contributed by atoms with E-state index < -0.39 is 5.97 Å². The van der Waals surface area contributed by atoms with Crippen LogP contribution in [0.25, 0.3) is 0 Å². The van der Waals surface area contributed by atoms with Gasteiger partial charge in [0, 0.05) is 12.1 Å². The van der Waals surface area contributed by atoms with E-state index in [1.807, 2.05) is 6.92 Å². The fraction of sp³-hybridized carbons (Fsp3) is 0.818. The van der Waals surface area contributed by atoms with Gasteiger partial charge in [-0.25, -0.2) is 4.79 Å². The summed E-state index contributed by atoms with van der Waals surface area (Å²) in [5, 5.41) is 14.2. The van der Waals surface area contributed by atoms with E-state index in [0.29, 0.717) is 6.42 Å². The van der Waals surface area contributed by atoms with E-state index in [0.717, 1.165) is 19.3 Å². The highest BCUT2D eigenvalue weighted by Crippen LogP contribution is 2.17. The molecule has 92 valence electrons. The summed E-state index contributed by atoms with van der Waals surface area (Å²) in [6, 6.07) is -0.209. The van der Waals surface area contributed by atoms with E-state index >= 15 is 0 Å². The highest BCUT2D eigenvalue weighted by molar-refractivity contribution is 5.76. The highest BCUT2D eigenvalue weighted by atomic mass is 16.4. The van der Waals surface area contributed by atoms with Gasteiger partial charge in [0.25, 0.3) is 0 Å². The molecule has 1 aliphatic rings. The number of carbonyl (C=O) groups is 2. The summed E-state index contributed by atoms with van der Waals surface area (Å²) in [6.45, 7) is 1.97. The van der Waals surface area contributed by atoms with Gasteiger partial charge in [0.15, 0.2) is 0 Å². The minimum absolute atomic E-state index is 0.00801.